The van der Waals surface area contributed by atoms with Crippen molar-refractivity contribution in [2.24, 2.45) is 46.3 Å². The monoisotopic (exact) mass is 332 g/mol. The summed E-state index contributed by atoms with van der Waals surface area (Å²) in [6.07, 6.45) is 13.7. The van der Waals surface area contributed by atoms with Gasteiger partial charge in [0.05, 0.1) is 6.10 Å². The number of aliphatic hydroxyl groups excluding tert-OH is 1. The summed E-state index contributed by atoms with van der Waals surface area (Å²) in [5.41, 5.74) is 1.14. The minimum atomic E-state index is -0.00843. The molecule has 0 radical (unpaired) electrons. The van der Waals surface area contributed by atoms with E-state index < -0.39 is 0 Å². The zero-order chi connectivity index (χ0) is 17.1. The van der Waals surface area contributed by atoms with E-state index in [1.165, 1.54) is 51.4 Å². The smallest absolute Gasteiger partial charge is 0.0543 e. The molecule has 0 aromatic rings. The van der Waals surface area contributed by atoms with Gasteiger partial charge in [-0.3, -0.25) is 0 Å². The van der Waals surface area contributed by atoms with Gasteiger partial charge < -0.3 is 5.11 Å². The fraction of sp³-hybridized carbons (Fsp3) is 1.00. The Morgan fingerprint density at radius 3 is 2.42 bits per heavy atom. The van der Waals surface area contributed by atoms with E-state index in [0.29, 0.717) is 10.8 Å². The van der Waals surface area contributed by atoms with E-state index >= 15 is 0 Å². The molecule has 5 unspecified atom stereocenters. The molecule has 24 heavy (non-hydrogen) atoms. The highest BCUT2D eigenvalue weighted by atomic mass is 16.3. The quantitative estimate of drug-likeness (QED) is 0.652. The molecule has 4 aliphatic rings. The molecule has 0 amide bonds. The van der Waals surface area contributed by atoms with E-state index in [0.717, 1.165) is 48.3 Å². The van der Waals surface area contributed by atoms with Gasteiger partial charge >= 0.3 is 0 Å². The van der Waals surface area contributed by atoms with Crippen LogP contribution < -0.4 is 0 Å². The maximum absolute atomic E-state index is 10.2. The molecule has 4 saturated carbocycles. The number of rotatable bonds is 2. The highest BCUT2D eigenvalue weighted by molar-refractivity contribution is 5.08. The van der Waals surface area contributed by atoms with Gasteiger partial charge in [-0.1, -0.05) is 34.1 Å². The average molecular weight is 333 g/mol. The fourth-order valence-corrected chi connectivity index (χ4v) is 8.28. The topological polar surface area (TPSA) is 20.2 Å². The lowest BCUT2D eigenvalue weighted by molar-refractivity contribution is -0.125. The molecule has 0 heterocycles. The van der Waals surface area contributed by atoms with Crippen molar-refractivity contribution in [1.82, 2.24) is 0 Å². The summed E-state index contributed by atoms with van der Waals surface area (Å²) < 4.78 is 0. The molecule has 0 spiro atoms. The highest BCUT2D eigenvalue weighted by Crippen LogP contribution is 2.67. The lowest BCUT2D eigenvalue weighted by Crippen LogP contribution is -2.53. The predicted molar refractivity (Wildman–Crippen MR) is 101 cm³/mol. The first-order valence-electron chi connectivity index (χ1n) is 11.1. The van der Waals surface area contributed by atoms with Gasteiger partial charge in [-0.2, -0.15) is 0 Å². The summed E-state index contributed by atoms with van der Waals surface area (Å²) in [4.78, 5) is 0. The van der Waals surface area contributed by atoms with Gasteiger partial charge in [-0.05, 0) is 104 Å². The van der Waals surface area contributed by atoms with Crippen molar-refractivity contribution in [3.63, 3.8) is 0 Å². The molecule has 0 bridgehead atoms. The number of hydrogen-bond acceptors (Lipinski definition) is 1. The summed E-state index contributed by atoms with van der Waals surface area (Å²) in [6, 6.07) is 0. The maximum Gasteiger partial charge on any atom is 0.0543 e. The maximum atomic E-state index is 10.2. The second kappa shape index (κ2) is 6.00. The van der Waals surface area contributed by atoms with Crippen molar-refractivity contribution in [3.05, 3.63) is 0 Å². The zero-order valence-electron chi connectivity index (χ0n) is 16.6. The van der Waals surface area contributed by atoms with Crippen LogP contribution in [0.3, 0.4) is 0 Å². The van der Waals surface area contributed by atoms with E-state index in [1.54, 1.807) is 0 Å². The van der Waals surface area contributed by atoms with Crippen LogP contribution in [0.1, 0.15) is 91.9 Å². The first kappa shape index (κ1) is 17.4. The van der Waals surface area contributed by atoms with Crippen LogP contribution in [-0.2, 0) is 0 Å². The largest absolute Gasteiger partial charge is 0.393 e. The SMILES string of the molecule is CC[C@@H](C)C1CCC2CC3CCC4C[C@H](O)CC[C@]4(C)C3C[C@@]21C. The van der Waals surface area contributed by atoms with Crippen LogP contribution in [0.25, 0.3) is 0 Å². The summed E-state index contributed by atoms with van der Waals surface area (Å²) in [5, 5.41) is 10.2. The molecule has 138 valence electrons. The van der Waals surface area contributed by atoms with Gasteiger partial charge in [0.15, 0.2) is 0 Å². The molecule has 1 nitrogen and oxygen atoms in total. The predicted octanol–water partition coefficient (Wildman–Crippen LogP) is 6.05. The molecular formula is C23H40O. The Morgan fingerprint density at radius 1 is 0.958 bits per heavy atom. The standard InChI is InChI=1S/C23H40O/c1-5-15(2)20-9-8-17-12-16-6-7-18-13-19(24)10-11-22(18,3)21(16)14-23(17,20)4/h15-21,24H,5-14H2,1-4H3/t15-,16?,17?,18?,19-,20?,21?,22+,23+/m1/s1. The summed E-state index contributed by atoms with van der Waals surface area (Å²) in [6.45, 7) is 10.2. The Kier molecular flexibility index (Phi) is 4.34. The van der Waals surface area contributed by atoms with Crippen LogP contribution in [0.15, 0.2) is 0 Å². The minimum absolute atomic E-state index is 0.00843. The molecule has 1 heteroatoms. The molecule has 9 atom stereocenters. The van der Waals surface area contributed by atoms with Crippen LogP contribution >= 0.6 is 0 Å². The molecule has 0 saturated heterocycles. The van der Waals surface area contributed by atoms with Crippen molar-refractivity contribution in [2.45, 2.75) is 98.0 Å². The molecular weight excluding hydrogens is 292 g/mol. The van der Waals surface area contributed by atoms with E-state index in [2.05, 4.69) is 27.7 Å². The Morgan fingerprint density at radius 2 is 1.67 bits per heavy atom. The van der Waals surface area contributed by atoms with Crippen molar-refractivity contribution < 1.29 is 5.11 Å². The fourth-order valence-electron chi connectivity index (χ4n) is 8.28. The molecule has 1 N–H and O–H groups in total. The molecule has 4 rings (SSSR count). The van der Waals surface area contributed by atoms with Gasteiger partial charge in [-0.15, -0.1) is 0 Å². The summed E-state index contributed by atoms with van der Waals surface area (Å²) >= 11 is 0. The van der Waals surface area contributed by atoms with Crippen LogP contribution in [0.2, 0.25) is 0 Å². The van der Waals surface area contributed by atoms with Crippen molar-refractivity contribution >= 4 is 0 Å². The Hall–Kier alpha value is -0.0400. The Bertz CT molecular complexity index is 473. The average Bonchev–Trinajstić information content (AvgIpc) is 2.90. The van der Waals surface area contributed by atoms with Crippen molar-refractivity contribution in [1.29, 1.82) is 0 Å². The molecule has 0 aromatic carbocycles. The van der Waals surface area contributed by atoms with E-state index in [-0.39, 0.29) is 6.10 Å². The summed E-state index contributed by atoms with van der Waals surface area (Å²) in [5.74, 6) is 5.60. The van der Waals surface area contributed by atoms with E-state index in [9.17, 15) is 5.11 Å². The lowest BCUT2D eigenvalue weighted by Gasteiger charge is -2.61. The van der Waals surface area contributed by atoms with E-state index in [1.807, 2.05) is 0 Å². The third-order valence-corrected chi connectivity index (χ3v) is 9.99. The third kappa shape index (κ3) is 2.43. The molecule has 4 fully saturated rings. The van der Waals surface area contributed by atoms with Gasteiger partial charge in [0.25, 0.3) is 0 Å². The highest BCUT2D eigenvalue weighted by Gasteiger charge is 2.59. The van der Waals surface area contributed by atoms with Crippen LogP contribution in [-0.4, -0.2) is 11.2 Å². The first-order valence-corrected chi connectivity index (χ1v) is 11.1. The Balaban J connectivity index is 1.61. The van der Waals surface area contributed by atoms with Crippen molar-refractivity contribution in [3.8, 4) is 0 Å². The van der Waals surface area contributed by atoms with Crippen molar-refractivity contribution in [2.75, 3.05) is 0 Å². The number of hydrogen-bond donors (Lipinski definition) is 1. The molecule has 4 aliphatic carbocycles. The molecule has 0 aromatic heterocycles. The number of aliphatic hydroxyl groups is 1. The molecule has 0 aliphatic heterocycles. The second-order valence-corrected chi connectivity index (χ2v) is 10.8. The first-order chi connectivity index (χ1) is 11.4. The van der Waals surface area contributed by atoms with Crippen LogP contribution in [0.4, 0.5) is 0 Å². The second-order valence-electron chi connectivity index (χ2n) is 10.8. The minimum Gasteiger partial charge on any atom is -0.393 e. The van der Waals surface area contributed by atoms with Gasteiger partial charge in [0.1, 0.15) is 0 Å². The van der Waals surface area contributed by atoms with Crippen LogP contribution in [0.5, 0.6) is 0 Å². The zero-order valence-corrected chi connectivity index (χ0v) is 16.6. The summed E-state index contributed by atoms with van der Waals surface area (Å²) in [7, 11) is 0. The van der Waals surface area contributed by atoms with Crippen LogP contribution in [0, 0.1) is 46.3 Å². The lowest BCUT2D eigenvalue weighted by atomic mass is 9.44. The normalized spacial score (nSPS) is 55.4. The third-order valence-electron chi connectivity index (χ3n) is 9.99. The van der Waals surface area contributed by atoms with Gasteiger partial charge in [0, 0.05) is 0 Å². The van der Waals surface area contributed by atoms with E-state index in [4.69, 9.17) is 0 Å². The van der Waals surface area contributed by atoms with Gasteiger partial charge in [-0.25, -0.2) is 0 Å². The Labute approximate surface area is 150 Å². The number of fused-ring (bicyclic) bond motifs is 4. The van der Waals surface area contributed by atoms with Gasteiger partial charge in [0.2, 0.25) is 0 Å².